The van der Waals surface area contributed by atoms with Crippen molar-refractivity contribution in [3.05, 3.63) is 17.5 Å². The van der Waals surface area contributed by atoms with Crippen molar-refractivity contribution in [1.29, 1.82) is 0 Å². The number of hydrogen-bond acceptors (Lipinski definition) is 4. The van der Waals surface area contributed by atoms with Crippen molar-refractivity contribution in [2.45, 2.75) is 108 Å². The smallest absolute Gasteiger partial charge is 0.298 e. The fourth-order valence-electron chi connectivity index (χ4n) is 5.10. The quantitative estimate of drug-likeness (QED) is 0.286. The van der Waals surface area contributed by atoms with Gasteiger partial charge in [0.1, 0.15) is 5.69 Å². The molecule has 5 unspecified atom stereocenters. The molecule has 4 nitrogen and oxygen atoms in total. The Morgan fingerprint density at radius 3 is 2.25 bits per heavy atom. The summed E-state index contributed by atoms with van der Waals surface area (Å²) in [7, 11) is 0. The molecule has 1 amide bonds. The van der Waals surface area contributed by atoms with Gasteiger partial charge < -0.3 is 10.3 Å². The van der Waals surface area contributed by atoms with Crippen LogP contribution in [0.1, 0.15) is 113 Å². The molecule has 0 aromatic carbocycles. The molecule has 1 saturated heterocycles. The van der Waals surface area contributed by atoms with Gasteiger partial charge in [0, 0.05) is 21.9 Å². The van der Waals surface area contributed by atoms with Crippen LogP contribution in [0.25, 0.3) is 0 Å². The van der Waals surface area contributed by atoms with Crippen LogP contribution in [0.15, 0.2) is 6.07 Å². The van der Waals surface area contributed by atoms with Crippen LogP contribution in [0.3, 0.4) is 0 Å². The molecular weight excluding hydrogens is 436 g/mol. The highest BCUT2D eigenvalue weighted by atomic mass is 32.2. The van der Waals surface area contributed by atoms with Crippen LogP contribution in [0.4, 0.5) is 5.69 Å². The highest BCUT2D eigenvalue weighted by molar-refractivity contribution is 8.07. The molecule has 0 radical (unpaired) electrons. The number of Topliss-reactive ketones (excluding diaryl/α,β-unsaturated/α-hetero) is 1. The Balaban J connectivity index is 1.75. The maximum atomic E-state index is 12.2. The van der Waals surface area contributed by atoms with Gasteiger partial charge >= 0.3 is 0 Å². The van der Waals surface area contributed by atoms with Crippen LogP contribution in [0.5, 0.6) is 0 Å². The first kappa shape index (κ1) is 25.7. The number of anilines is 1. The summed E-state index contributed by atoms with van der Waals surface area (Å²) in [6.45, 7) is 9.23. The van der Waals surface area contributed by atoms with Gasteiger partial charge in [-0.05, 0) is 30.7 Å². The summed E-state index contributed by atoms with van der Waals surface area (Å²) in [5.41, 5.74) is 2.26. The molecule has 1 fully saturated rings. The lowest BCUT2D eigenvalue weighted by Crippen LogP contribution is -2.28. The lowest BCUT2D eigenvalue weighted by Gasteiger charge is -2.38. The highest BCUT2D eigenvalue weighted by Gasteiger charge is 2.38. The second-order valence-electron chi connectivity index (χ2n) is 9.65. The minimum absolute atomic E-state index is 0.355. The number of hydrogen-bond donors (Lipinski definition) is 2. The Kier molecular flexibility index (Phi) is 10.1. The predicted octanol–water partition coefficient (Wildman–Crippen LogP) is 7.62. The highest BCUT2D eigenvalue weighted by Crippen LogP contribution is 2.51. The molecule has 2 aliphatic rings. The Morgan fingerprint density at radius 1 is 1.00 bits per heavy atom. The third-order valence-corrected chi connectivity index (χ3v) is 10.7. The first-order valence-corrected chi connectivity index (χ1v) is 14.8. The van der Waals surface area contributed by atoms with Gasteiger partial charge in [-0.15, -0.1) is 11.8 Å². The average Bonchev–Trinajstić information content (AvgIpc) is 3.33. The number of rotatable bonds is 13. The molecule has 1 aromatic heterocycles. The topological polar surface area (TPSA) is 62.0 Å². The van der Waals surface area contributed by atoms with E-state index in [0.717, 1.165) is 17.5 Å². The summed E-state index contributed by atoms with van der Waals surface area (Å²) >= 11 is 4.29. The Morgan fingerprint density at radius 2 is 1.66 bits per heavy atom. The van der Waals surface area contributed by atoms with E-state index in [0.29, 0.717) is 27.1 Å². The number of nitrogens with one attached hydrogen (secondary N) is 2. The number of aromatic nitrogens is 1. The van der Waals surface area contributed by atoms with E-state index in [1.807, 2.05) is 6.07 Å². The Bertz CT molecular complexity index is 763. The van der Waals surface area contributed by atoms with Gasteiger partial charge in [0.2, 0.25) is 0 Å². The van der Waals surface area contributed by atoms with Gasteiger partial charge in [0.25, 0.3) is 11.7 Å². The zero-order valence-corrected chi connectivity index (χ0v) is 22.0. The molecule has 2 aliphatic heterocycles. The minimum atomic E-state index is -0.509. The number of thioether (sulfide) groups is 2. The molecule has 0 spiro atoms. The van der Waals surface area contributed by atoms with E-state index in [-0.39, 0.29) is 0 Å². The minimum Gasteiger partial charge on any atom is -0.353 e. The Labute approximate surface area is 203 Å². The van der Waals surface area contributed by atoms with Crippen LogP contribution in [-0.2, 0) is 4.79 Å². The number of aromatic amines is 1. The normalized spacial score (nSPS) is 24.9. The van der Waals surface area contributed by atoms with Crippen molar-refractivity contribution in [3.63, 3.8) is 0 Å². The summed E-state index contributed by atoms with van der Waals surface area (Å²) < 4.78 is 0. The molecule has 0 saturated carbocycles. The van der Waals surface area contributed by atoms with Crippen LogP contribution in [-0.4, -0.2) is 32.9 Å². The van der Waals surface area contributed by atoms with Gasteiger partial charge in [-0.3, -0.25) is 9.59 Å². The lowest BCUT2D eigenvalue weighted by atomic mass is 9.92. The van der Waals surface area contributed by atoms with Crippen molar-refractivity contribution < 1.29 is 9.59 Å². The van der Waals surface area contributed by atoms with Gasteiger partial charge in [-0.25, -0.2) is 0 Å². The number of H-pyrrole nitrogens is 1. The molecule has 180 valence electrons. The second kappa shape index (κ2) is 12.5. The number of carbonyl (C=O) groups is 2. The van der Waals surface area contributed by atoms with Gasteiger partial charge in [0.15, 0.2) is 0 Å². The number of amides is 1. The molecular formula is C26H42N2O2S2. The Hall–Kier alpha value is -0.880. The van der Waals surface area contributed by atoms with Crippen molar-refractivity contribution >= 4 is 40.9 Å². The average molecular weight is 479 g/mol. The van der Waals surface area contributed by atoms with Gasteiger partial charge in [-0.2, -0.15) is 11.8 Å². The summed E-state index contributed by atoms with van der Waals surface area (Å²) in [6, 6.07) is 2.03. The predicted molar refractivity (Wildman–Crippen MR) is 140 cm³/mol. The first-order chi connectivity index (χ1) is 15.5. The fourth-order valence-corrected chi connectivity index (χ4v) is 8.77. The zero-order chi connectivity index (χ0) is 23.1. The molecule has 3 rings (SSSR count). The van der Waals surface area contributed by atoms with E-state index in [1.165, 1.54) is 70.0 Å². The molecule has 2 N–H and O–H groups in total. The van der Waals surface area contributed by atoms with E-state index in [2.05, 4.69) is 61.5 Å². The third kappa shape index (κ3) is 6.37. The maximum Gasteiger partial charge on any atom is 0.298 e. The third-order valence-electron chi connectivity index (χ3n) is 7.25. The summed E-state index contributed by atoms with van der Waals surface area (Å²) in [6.07, 6.45) is 12.9. The number of carbonyl (C=O) groups excluding carboxylic acids is 2. The van der Waals surface area contributed by atoms with Crippen LogP contribution in [0.2, 0.25) is 0 Å². The van der Waals surface area contributed by atoms with E-state index >= 15 is 0 Å². The SMILES string of the molecule is CCCCC(CC)CC1CSC(CC(CC)CCCC)C(c2cc3c([nH]2)C(=O)C(=O)N3)S1. The summed E-state index contributed by atoms with van der Waals surface area (Å²) in [5.74, 6) is 1.88. The molecule has 5 atom stereocenters. The number of ketones is 1. The molecule has 6 heteroatoms. The van der Waals surface area contributed by atoms with Crippen LogP contribution >= 0.6 is 23.5 Å². The largest absolute Gasteiger partial charge is 0.353 e. The number of unbranched alkanes of at least 4 members (excludes halogenated alkanes) is 2. The first-order valence-electron chi connectivity index (χ1n) is 12.9. The molecule has 0 aliphatic carbocycles. The van der Waals surface area contributed by atoms with Crippen molar-refractivity contribution in [3.8, 4) is 0 Å². The monoisotopic (exact) mass is 478 g/mol. The van der Waals surface area contributed by atoms with Crippen LogP contribution in [0, 0.1) is 11.8 Å². The maximum absolute atomic E-state index is 12.2. The van der Waals surface area contributed by atoms with Crippen molar-refractivity contribution in [2.75, 3.05) is 11.1 Å². The molecule has 0 bridgehead atoms. The summed E-state index contributed by atoms with van der Waals surface area (Å²) in [4.78, 5) is 27.3. The second-order valence-corrected chi connectivity index (χ2v) is 12.4. The van der Waals surface area contributed by atoms with E-state index < -0.39 is 11.7 Å². The molecule has 3 heterocycles. The van der Waals surface area contributed by atoms with Crippen molar-refractivity contribution in [1.82, 2.24) is 4.98 Å². The van der Waals surface area contributed by atoms with Gasteiger partial charge in [0.05, 0.1) is 10.9 Å². The van der Waals surface area contributed by atoms with Gasteiger partial charge in [-0.1, -0.05) is 79.1 Å². The zero-order valence-electron chi connectivity index (χ0n) is 20.4. The van der Waals surface area contributed by atoms with Crippen LogP contribution < -0.4 is 5.32 Å². The van der Waals surface area contributed by atoms with E-state index in [1.54, 1.807) is 0 Å². The van der Waals surface area contributed by atoms with E-state index in [4.69, 9.17) is 0 Å². The van der Waals surface area contributed by atoms with E-state index in [9.17, 15) is 9.59 Å². The van der Waals surface area contributed by atoms with Crippen molar-refractivity contribution in [2.24, 2.45) is 11.8 Å². The molecule has 32 heavy (non-hydrogen) atoms. The molecule has 1 aromatic rings. The fraction of sp³-hybridized carbons (Fsp3) is 0.769. The lowest BCUT2D eigenvalue weighted by molar-refractivity contribution is -0.112. The standard InChI is InChI=1S/C26H42N2O2S2/c1-5-9-11-17(7-3)13-19-16-31-22(14-18(8-4)12-10-6-2)25(32-19)21-15-20-23(27-21)24(29)26(30)28-20/h15,17-19,22,25,27H,5-14,16H2,1-4H3,(H,28,29,30). The number of fused-ring (bicyclic) bond motifs is 1. The summed E-state index contributed by atoms with van der Waals surface area (Å²) in [5, 5.41) is 4.31.